The minimum Gasteiger partial charge on any atom is -0.492 e. The first kappa shape index (κ1) is 26.0. The lowest BCUT2D eigenvalue weighted by Crippen LogP contribution is -2.34. The van der Waals surface area contributed by atoms with Crippen LogP contribution in [0.1, 0.15) is 26.3 Å². The van der Waals surface area contributed by atoms with Crippen molar-refractivity contribution in [3.63, 3.8) is 0 Å². The number of carbonyl (C=O) groups is 2. The molecule has 1 atom stereocenters. The van der Waals surface area contributed by atoms with E-state index in [0.717, 1.165) is 11.8 Å². The Kier molecular flexibility index (Phi) is 8.69. The Morgan fingerprint density at radius 3 is 2.09 bits per heavy atom. The molecular weight excluding hydrogens is 450 g/mol. The molecule has 33 heavy (non-hydrogen) atoms. The number of nitrogens with one attached hydrogen (secondary N) is 1. The molecule has 0 bridgehead atoms. The average Bonchev–Trinajstić information content (AvgIpc) is 2.70. The summed E-state index contributed by atoms with van der Waals surface area (Å²) < 4.78 is 39.3. The van der Waals surface area contributed by atoms with Crippen molar-refractivity contribution >= 4 is 21.9 Å². The number of alkyl carbamates (subject to hydrolysis) is 1. The fourth-order valence-electron chi connectivity index (χ4n) is 2.68. The van der Waals surface area contributed by atoms with Gasteiger partial charge in [0.1, 0.15) is 23.7 Å². The maximum atomic E-state index is 11.6. The van der Waals surface area contributed by atoms with Gasteiger partial charge in [0.05, 0.1) is 11.4 Å². The monoisotopic (exact) mass is 479 g/mol. The van der Waals surface area contributed by atoms with Gasteiger partial charge in [-0.25, -0.2) is 18.0 Å². The van der Waals surface area contributed by atoms with E-state index in [4.69, 9.17) is 14.2 Å². The number of hydrogen-bond donors (Lipinski definition) is 2. The third-order valence-corrected chi connectivity index (χ3v) is 5.32. The normalized spacial score (nSPS) is 12.5. The third kappa shape index (κ3) is 9.40. The summed E-state index contributed by atoms with van der Waals surface area (Å²) in [4.78, 5) is 23.3. The van der Waals surface area contributed by atoms with Gasteiger partial charge in [0.25, 0.3) is 0 Å². The van der Waals surface area contributed by atoms with E-state index in [-0.39, 0.29) is 30.2 Å². The van der Waals surface area contributed by atoms with Crippen LogP contribution in [0.25, 0.3) is 0 Å². The van der Waals surface area contributed by atoms with Crippen molar-refractivity contribution < 1.29 is 37.3 Å². The van der Waals surface area contributed by atoms with E-state index in [1.54, 1.807) is 45.0 Å². The minimum atomic E-state index is -3.35. The van der Waals surface area contributed by atoms with Gasteiger partial charge in [0.15, 0.2) is 15.9 Å². The maximum absolute atomic E-state index is 11.6. The third-order valence-electron chi connectivity index (χ3n) is 4.19. The summed E-state index contributed by atoms with van der Waals surface area (Å²) in [5.41, 5.74) is 0.146. The zero-order valence-corrected chi connectivity index (χ0v) is 19.8. The van der Waals surface area contributed by atoms with Crippen LogP contribution in [0.2, 0.25) is 0 Å². The Morgan fingerprint density at radius 1 is 1.00 bits per heavy atom. The number of hydrogen-bond acceptors (Lipinski definition) is 7. The molecular formula is C23H29NO8S. The number of aliphatic carboxylic acids is 1. The quantitative estimate of drug-likeness (QED) is 0.498. The molecule has 0 radical (unpaired) electrons. The predicted octanol–water partition coefficient (Wildman–Crippen LogP) is 3.07. The number of carboxylic acids is 1. The molecule has 0 saturated carbocycles. The molecule has 0 aliphatic carbocycles. The number of benzene rings is 2. The van der Waals surface area contributed by atoms with Gasteiger partial charge in [0, 0.05) is 12.7 Å². The molecule has 0 aliphatic rings. The highest BCUT2D eigenvalue weighted by atomic mass is 32.2. The van der Waals surface area contributed by atoms with Crippen LogP contribution in [0.5, 0.6) is 11.5 Å². The fourth-order valence-corrected chi connectivity index (χ4v) is 3.31. The molecule has 1 unspecified atom stereocenters. The van der Waals surface area contributed by atoms with Crippen molar-refractivity contribution in [2.45, 2.75) is 43.8 Å². The predicted molar refractivity (Wildman–Crippen MR) is 121 cm³/mol. The van der Waals surface area contributed by atoms with Crippen molar-refractivity contribution in [3.8, 4) is 11.5 Å². The van der Waals surface area contributed by atoms with Crippen LogP contribution in [0.3, 0.4) is 0 Å². The largest absolute Gasteiger partial charge is 0.492 e. The molecule has 180 valence electrons. The Bertz CT molecular complexity index is 1040. The lowest BCUT2D eigenvalue weighted by Gasteiger charge is -2.19. The first-order valence-electron chi connectivity index (χ1n) is 10.2. The van der Waals surface area contributed by atoms with Crippen LogP contribution in [-0.2, 0) is 25.8 Å². The summed E-state index contributed by atoms with van der Waals surface area (Å²) in [6.07, 6.45) is -0.483. The van der Waals surface area contributed by atoms with Gasteiger partial charge in [0.2, 0.25) is 0 Å². The minimum absolute atomic E-state index is 0.101. The van der Waals surface area contributed by atoms with Gasteiger partial charge in [-0.2, -0.15) is 0 Å². The highest BCUT2D eigenvalue weighted by molar-refractivity contribution is 7.90. The number of ether oxygens (including phenoxy) is 3. The Hall–Kier alpha value is -3.27. The number of carbonyl (C=O) groups excluding carboxylic acids is 1. The smallest absolute Gasteiger partial charge is 0.407 e. The maximum Gasteiger partial charge on any atom is 0.407 e. The van der Waals surface area contributed by atoms with Crippen LogP contribution in [0.15, 0.2) is 53.4 Å². The van der Waals surface area contributed by atoms with Crippen LogP contribution < -0.4 is 14.8 Å². The van der Waals surface area contributed by atoms with Gasteiger partial charge < -0.3 is 24.6 Å². The molecule has 2 aromatic rings. The molecule has 2 rings (SSSR count). The van der Waals surface area contributed by atoms with Crippen molar-refractivity contribution in [1.82, 2.24) is 5.32 Å². The van der Waals surface area contributed by atoms with Crippen molar-refractivity contribution in [2.24, 2.45) is 0 Å². The summed E-state index contributed by atoms with van der Waals surface area (Å²) in [6.45, 7) is 5.84. The van der Waals surface area contributed by atoms with E-state index < -0.39 is 33.6 Å². The molecule has 0 heterocycles. The molecule has 0 saturated heterocycles. The highest BCUT2D eigenvalue weighted by Gasteiger charge is 2.21. The zero-order chi connectivity index (χ0) is 24.6. The van der Waals surface area contributed by atoms with E-state index in [0.29, 0.717) is 5.75 Å². The van der Waals surface area contributed by atoms with Crippen molar-refractivity contribution in [2.75, 3.05) is 19.4 Å². The second-order valence-electron chi connectivity index (χ2n) is 8.31. The van der Waals surface area contributed by atoms with Gasteiger partial charge in [-0.15, -0.1) is 0 Å². The molecule has 10 heteroatoms. The molecule has 2 N–H and O–H groups in total. The van der Waals surface area contributed by atoms with Gasteiger partial charge in [-0.3, -0.25) is 0 Å². The molecule has 9 nitrogen and oxygen atoms in total. The second-order valence-corrected chi connectivity index (χ2v) is 10.3. The van der Waals surface area contributed by atoms with Gasteiger partial charge >= 0.3 is 12.1 Å². The van der Waals surface area contributed by atoms with Gasteiger partial charge in [-0.1, -0.05) is 12.1 Å². The molecule has 1 amide bonds. The SMILES string of the molecule is CC(C)(C)OC(=O)NCCOc1ccc(CC(Oc2ccc(S(C)(=O)=O)cc2)C(=O)O)cc1. The van der Waals surface area contributed by atoms with Crippen LogP contribution >= 0.6 is 0 Å². The summed E-state index contributed by atoms with van der Waals surface area (Å²) in [6, 6.07) is 12.4. The topological polar surface area (TPSA) is 128 Å². The summed E-state index contributed by atoms with van der Waals surface area (Å²) in [5, 5.41) is 12.1. The van der Waals surface area contributed by atoms with E-state index in [2.05, 4.69) is 5.32 Å². The lowest BCUT2D eigenvalue weighted by atomic mass is 10.1. The van der Waals surface area contributed by atoms with Crippen LogP contribution in [0.4, 0.5) is 4.79 Å². The summed E-state index contributed by atoms with van der Waals surface area (Å²) in [5.74, 6) is -0.322. The van der Waals surface area contributed by atoms with Crippen LogP contribution in [0, 0.1) is 0 Å². The Morgan fingerprint density at radius 2 is 1.58 bits per heavy atom. The number of sulfone groups is 1. The van der Waals surface area contributed by atoms with Crippen molar-refractivity contribution in [3.05, 3.63) is 54.1 Å². The van der Waals surface area contributed by atoms with E-state index in [1.807, 2.05) is 0 Å². The fraction of sp³-hybridized carbons (Fsp3) is 0.391. The first-order valence-corrected chi connectivity index (χ1v) is 12.1. The van der Waals surface area contributed by atoms with E-state index in [1.165, 1.54) is 24.3 Å². The second kappa shape index (κ2) is 11.0. The molecule has 0 aliphatic heterocycles. The first-order chi connectivity index (χ1) is 15.3. The standard InChI is InChI=1S/C23H29NO8S/c1-23(2,3)32-22(27)24-13-14-30-17-7-5-16(6-8-17)15-20(21(25)26)31-18-9-11-19(12-10-18)33(4,28)29/h5-12,20H,13-15H2,1-4H3,(H,24,27)(H,25,26). The zero-order valence-electron chi connectivity index (χ0n) is 19.0. The Balaban J connectivity index is 1.87. The van der Waals surface area contributed by atoms with Crippen LogP contribution in [-0.4, -0.2) is 56.7 Å². The van der Waals surface area contributed by atoms with Gasteiger partial charge in [-0.05, 0) is 62.7 Å². The number of amides is 1. The Labute approximate surface area is 193 Å². The molecule has 0 fully saturated rings. The molecule has 2 aromatic carbocycles. The number of carboxylic acid groups (broad SMARTS) is 1. The molecule has 0 spiro atoms. The average molecular weight is 480 g/mol. The highest BCUT2D eigenvalue weighted by Crippen LogP contribution is 2.20. The van der Waals surface area contributed by atoms with Crippen molar-refractivity contribution in [1.29, 1.82) is 0 Å². The van der Waals surface area contributed by atoms with E-state index >= 15 is 0 Å². The summed E-state index contributed by atoms with van der Waals surface area (Å²) in [7, 11) is -3.35. The van der Waals surface area contributed by atoms with E-state index in [9.17, 15) is 23.1 Å². The molecule has 0 aromatic heterocycles. The lowest BCUT2D eigenvalue weighted by molar-refractivity contribution is -0.145. The number of rotatable bonds is 10. The summed E-state index contributed by atoms with van der Waals surface area (Å²) >= 11 is 0.